The summed E-state index contributed by atoms with van der Waals surface area (Å²) in [6, 6.07) is 7.92. The zero-order chi connectivity index (χ0) is 15.5. The number of amides is 2. The molecular weight excluding hydrogens is 290 g/mol. The summed E-state index contributed by atoms with van der Waals surface area (Å²) in [7, 11) is 0. The third-order valence-corrected chi connectivity index (χ3v) is 3.81. The van der Waals surface area contributed by atoms with E-state index in [0.29, 0.717) is 10.7 Å². The van der Waals surface area contributed by atoms with Gasteiger partial charge in [-0.15, -0.1) is 11.3 Å². The predicted octanol–water partition coefficient (Wildman–Crippen LogP) is 2.57. The van der Waals surface area contributed by atoms with Crippen molar-refractivity contribution < 1.29 is 14.7 Å². The number of thiazole rings is 1. The Kier molecular flexibility index (Phi) is 4.23. The van der Waals surface area contributed by atoms with Crippen molar-refractivity contribution in [3.63, 3.8) is 0 Å². The van der Waals surface area contributed by atoms with Crippen LogP contribution in [0.15, 0.2) is 36.5 Å². The number of urea groups is 1. The molecule has 1 unspecified atom stereocenters. The van der Waals surface area contributed by atoms with E-state index in [-0.39, 0.29) is 0 Å². The van der Waals surface area contributed by atoms with Crippen molar-refractivity contribution in [1.29, 1.82) is 0 Å². The van der Waals surface area contributed by atoms with Gasteiger partial charge in [-0.25, -0.2) is 14.6 Å². The quantitative estimate of drug-likeness (QED) is 0.809. The Balaban J connectivity index is 2.17. The number of carbonyl (C=O) groups excluding carboxylic acids is 1. The van der Waals surface area contributed by atoms with E-state index in [1.807, 2.05) is 6.92 Å². The summed E-state index contributed by atoms with van der Waals surface area (Å²) in [6.45, 7) is 3.31. The first-order valence-corrected chi connectivity index (χ1v) is 7.04. The fourth-order valence-corrected chi connectivity index (χ4v) is 2.45. The second kappa shape index (κ2) is 5.92. The highest BCUT2D eigenvalue weighted by atomic mass is 32.1. The van der Waals surface area contributed by atoms with Crippen molar-refractivity contribution in [2.75, 3.05) is 5.32 Å². The minimum Gasteiger partial charge on any atom is -0.479 e. The molecule has 1 aromatic heterocycles. The molecule has 0 aliphatic rings. The molecule has 1 aromatic carbocycles. The van der Waals surface area contributed by atoms with Gasteiger partial charge in [0, 0.05) is 11.1 Å². The van der Waals surface area contributed by atoms with E-state index in [9.17, 15) is 14.7 Å². The van der Waals surface area contributed by atoms with Crippen LogP contribution in [0.4, 0.5) is 9.93 Å². The van der Waals surface area contributed by atoms with E-state index in [1.54, 1.807) is 36.5 Å². The van der Waals surface area contributed by atoms with Crippen LogP contribution in [0, 0.1) is 6.92 Å². The van der Waals surface area contributed by atoms with E-state index in [1.165, 1.54) is 18.3 Å². The molecule has 0 saturated carbocycles. The average molecular weight is 305 g/mol. The number of aromatic nitrogens is 1. The molecule has 21 heavy (non-hydrogen) atoms. The fourth-order valence-electron chi connectivity index (χ4n) is 1.79. The van der Waals surface area contributed by atoms with Crippen LogP contribution in [-0.4, -0.2) is 22.1 Å². The molecule has 2 amide bonds. The maximum absolute atomic E-state index is 12.0. The number of carbonyl (C=O) groups is 2. The Morgan fingerprint density at radius 3 is 2.48 bits per heavy atom. The lowest BCUT2D eigenvalue weighted by atomic mass is 9.92. The number of hydrogen-bond donors (Lipinski definition) is 3. The second-order valence-electron chi connectivity index (χ2n) is 4.65. The van der Waals surface area contributed by atoms with E-state index in [0.717, 1.165) is 4.88 Å². The maximum Gasteiger partial charge on any atom is 0.333 e. The van der Waals surface area contributed by atoms with Crippen LogP contribution < -0.4 is 10.6 Å². The highest BCUT2D eigenvalue weighted by Gasteiger charge is 2.36. The average Bonchev–Trinajstić information content (AvgIpc) is 2.84. The Labute approximate surface area is 125 Å². The van der Waals surface area contributed by atoms with Crippen LogP contribution in [0.1, 0.15) is 17.4 Å². The minimum atomic E-state index is -1.52. The first kappa shape index (κ1) is 15.0. The molecule has 110 valence electrons. The van der Waals surface area contributed by atoms with Gasteiger partial charge >= 0.3 is 12.0 Å². The van der Waals surface area contributed by atoms with Crippen molar-refractivity contribution in [2.24, 2.45) is 0 Å². The van der Waals surface area contributed by atoms with Crippen LogP contribution >= 0.6 is 11.3 Å². The number of benzene rings is 1. The molecule has 7 heteroatoms. The van der Waals surface area contributed by atoms with Gasteiger partial charge in [0.15, 0.2) is 10.7 Å². The van der Waals surface area contributed by atoms with Crippen molar-refractivity contribution >= 4 is 28.5 Å². The summed E-state index contributed by atoms with van der Waals surface area (Å²) in [4.78, 5) is 28.5. The molecule has 2 aromatic rings. The molecular formula is C14H15N3O3S. The summed E-state index contributed by atoms with van der Waals surface area (Å²) >= 11 is 1.32. The van der Waals surface area contributed by atoms with Crippen molar-refractivity contribution in [2.45, 2.75) is 19.4 Å². The number of hydrogen-bond acceptors (Lipinski definition) is 4. The number of carboxylic acids is 1. The van der Waals surface area contributed by atoms with Crippen LogP contribution in [-0.2, 0) is 10.3 Å². The van der Waals surface area contributed by atoms with E-state index in [4.69, 9.17) is 0 Å². The number of anilines is 1. The van der Waals surface area contributed by atoms with Crippen LogP contribution in [0.5, 0.6) is 0 Å². The van der Waals surface area contributed by atoms with Gasteiger partial charge in [0.1, 0.15) is 0 Å². The van der Waals surface area contributed by atoms with Crippen molar-refractivity contribution in [3.05, 3.63) is 47.0 Å². The number of aliphatic carboxylic acids is 1. The summed E-state index contributed by atoms with van der Waals surface area (Å²) in [5.74, 6) is -1.14. The Bertz CT molecular complexity index is 656. The third kappa shape index (κ3) is 3.38. The standard InChI is InChI=1S/C14H15N3O3S/c1-9-8-15-13(21-9)16-12(20)17-14(2,11(18)19)10-6-4-3-5-7-10/h3-8H,1-2H3,(H,18,19)(H2,15,16,17,20). The molecule has 0 bridgehead atoms. The van der Waals surface area contributed by atoms with Crippen molar-refractivity contribution in [3.8, 4) is 0 Å². The summed E-state index contributed by atoms with van der Waals surface area (Å²) in [6.07, 6.45) is 1.63. The lowest BCUT2D eigenvalue weighted by molar-refractivity contribution is -0.144. The normalized spacial score (nSPS) is 13.2. The molecule has 0 radical (unpaired) electrons. The number of aryl methyl sites for hydroxylation is 1. The van der Waals surface area contributed by atoms with Crippen LogP contribution in [0.25, 0.3) is 0 Å². The minimum absolute atomic E-state index is 0.422. The molecule has 0 spiro atoms. The van der Waals surface area contributed by atoms with Crippen molar-refractivity contribution in [1.82, 2.24) is 10.3 Å². The molecule has 6 nitrogen and oxygen atoms in total. The monoisotopic (exact) mass is 305 g/mol. The SMILES string of the molecule is Cc1cnc(NC(=O)NC(C)(C(=O)O)c2ccccc2)s1. The smallest absolute Gasteiger partial charge is 0.333 e. The lowest BCUT2D eigenvalue weighted by Gasteiger charge is -2.26. The summed E-state index contributed by atoms with van der Waals surface area (Å²) < 4.78 is 0. The molecule has 0 aliphatic carbocycles. The highest BCUT2D eigenvalue weighted by molar-refractivity contribution is 7.15. The number of rotatable bonds is 4. The largest absolute Gasteiger partial charge is 0.479 e. The van der Waals surface area contributed by atoms with E-state index >= 15 is 0 Å². The molecule has 3 N–H and O–H groups in total. The molecule has 0 saturated heterocycles. The van der Waals surface area contributed by atoms with Gasteiger partial charge in [0.2, 0.25) is 0 Å². The Hall–Kier alpha value is -2.41. The third-order valence-electron chi connectivity index (χ3n) is 2.98. The first-order valence-electron chi connectivity index (χ1n) is 6.22. The predicted molar refractivity (Wildman–Crippen MR) is 80.4 cm³/mol. The molecule has 0 fully saturated rings. The van der Waals surface area contributed by atoms with E-state index in [2.05, 4.69) is 15.6 Å². The summed E-state index contributed by atoms with van der Waals surface area (Å²) in [5.41, 5.74) is -1.03. The van der Waals surface area contributed by atoms with Crippen LogP contribution in [0.2, 0.25) is 0 Å². The topological polar surface area (TPSA) is 91.3 Å². The Morgan fingerprint density at radius 1 is 1.29 bits per heavy atom. The number of nitrogens with one attached hydrogen (secondary N) is 2. The van der Waals surface area contributed by atoms with E-state index < -0.39 is 17.5 Å². The van der Waals surface area contributed by atoms with Gasteiger partial charge in [-0.1, -0.05) is 30.3 Å². The lowest BCUT2D eigenvalue weighted by Crippen LogP contribution is -2.51. The maximum atomic E-state index is 12.0. The fraction of sp³-hybridized carbons (Fsp3) is 0.214. The van der Waals surface area contributed by atoms with Crippen LogP contribution in [0.3, 0.4) is 0 Å². The molecule has 0 aliphatic heterocycles. The van der Waals surface area contributed by atoms with Gasteiger partial charge in [-0.05, 0) is 19.4 Å². The molecule has 1 atom stereocenters. The second-order valence-corrected chi connectivity index (χ2v) is 5.89. The van der Waals surface area contributed by atoms with Gasteiger partial charge in [0.05, 0.1) is 0 Å². The zero-order valence-electron chi connectivity index (χ0n) is 11.6. The molecule has 1 heterocycles. The summed E-state index contributed by atoms with van der Waals surface area (Å²) in [5, 5.41) is 14.9. The Morgan fingerprint density at radius 2 is 1.95 bits per heavy atom. The first-order chi connectivity index (χ1) is 9.91. The highest BCUT2D eigenvalue weighted by Crippen LogP contribution is 2.22. The van der Waals surface area contributed by atoms with Gasteiger partial charge < -0.3 is 10.4 Å². The molecule has 2 rings (SSSR count). The van der Waals surface area contributed by atoms with Gasteiger partial charge in [-0.2, -0.15) is 0 Å². The van der Waals surface area contributed by atoms with Gasteiger partial charge in [-0.3, -0.25) is 5.32 Å². The number of nitrogens with zero attached hydrogens (tertiary/aromatic N) is 1. The zero-order valence-corrected chi connectivity index (χ0v) is 12.4. The number of carboxylic acid groups (broad SMARTS) is 1. The van der Waals surface area contributed by atoms with Gasteiger partial charge in [0.25, 0.3) is 0 Å².